The van der Waals surface area contributed by atoms with E-state index in [0.717, 1.165) is 122 Å². The van der Waals surface area contributed by atoms with Gasteiger partial charge in [0.15, 0.2) is 0 Å². The lowest BCUT2D eigenvalue weighted by atomic mass is 10.0. The van der Waals surface area contributed by atoms with Crippen LogP contribution in [-0.4, -0.2) is 78.6 Å². The van der Waals surface area contributed by atoms with E-state index in [9.17, 15) is 19.2 Å². The number of carboxylic acid groups (broad SMARTS) is 2. The topological polar surface area (TPSA) is 140 Å². The molecule has 71 heavy (non-hydrogen) atoms. The number of carboxylic acids is 2. The first-order valence-corrected chi connectivity index (χ1v) is 30.0. The second kappa shape index (κ2) is 54.9. The van der Waals surface area contributed by atoms with Crippen molar-refractivity contribution in [1.82, 2.24) is 4.90 Å². The highest BCUT2D eigenvalue weighted by Crippen LogP contribution is 2.21. The predicted octanol–water partition coefficient (Wildman–Crippen LogP) is 18.2. The smallest absolute Gasteiger partial charge is 0.481 e. The number of unbranched alkanes of at least 4 members (excludes halogenated alkanes) is 33. The fourth-order valence-corrected chi connectivity index (χ4v) is 9.26. The molecule has 10 nitrogen and oxygen atoms in total. The fraction of sp³-hybridized carbons (Fsp3) is 0.869. The number of carbonyl (C=O) groups is 4. The number of hydrogen-bond acceptors (Lipinski definition) is 8. The van der Waals surface area contributed by atoms with Gasteiger partial charge in [-0.3, -0.25) is 14.4 Å². The van der Waals surface area contributed by atoms with Crippen LogP contribution in [0.15, 0.2) is 24.3 Å². The van der Waals surface area contributed by atoms with E-state index in [1.165, 1.54) is 154 Å². The number of hydrogen-bond donors (Lipinski definition) is 2. The maximum atomic E-state index is 13.4. The molecule has 0 heterocycles. The number of allylic oxidation sites excluding steroid dienone is 4. The molecule has 1 atom stereocenters. The Morgan fingerprint density at radius 1 is 0.394 bits per heavy atom. The average molecular weight is 1000 g/mol. The molecule has 0 aromatic rings. The molecule has 2 N–H and O–H groups in total. The molecule has 0 aliphatic carbocycles. The van der Waals surface area contributed by atoms with Crippen molar-refractivity contribution in [2.45, 2.75) is 314 Å². The number of carbonyl (C=O) groups excluding carboxylic acids is 2. The van der Waals surface area contributed by atoms with Crippen LogP contribution in [0.25, 0.3) is 0 Å². The van der Waals surface area contributed by atoms with Gasteiger partial charge in [0.25, 0.3) is 0 Å². The highest BCUT2D eigenvalue weighted by molar-refractivity contribution is 5.69. The third-order valence-corrected chi connectivity index (χ3v) is 13.7. The summed E-state index contributed by atoms with van der Waals surface area (Å²) in [6, 6.07) is 0. The monoisotopic (exact) mass is 1000 g/mol. The standard InChI is InChI=1S/C61H113NO9/c1-4-5-6-7-8-9-26-33-38-43-49-57(71-61(68)69-55-46-54-62(2)3)52-53-60(67)70-56(47-41-36-31-27-22-18-14-10-12-16-20-24-29-34-39-44-50-58(63)64)48-42-37-32-28-23-19-15-11-13-17-21-25-30-35-40-45-51-59(65)66/h12-13,16-17,56-57H,4-11,14-15,18-55H2,1-3H3,(H,63,64)(H,65,66). The van der Waals surface area contributed by atoms with E-state index in [-0.39, 0.29) is 24.6 Å². The second-order valence-corrected chi connectivity index (χ2v) is 21.1. The largest absolute Gasteiger partial charge is 0.508 e. The first kappa shape index (κ1) is 68.1. The van der Waals surface area contributed by atoms with Crippen LogP contribution in [-0.2, 0) is 28.6 Å². The summed E-state index contributed by atoms with van der Waals surface area (Å²) in [5.74, 6) is -1.55. The van der Waals surface area contributed by atoms with E-state index in [4.69, 9.17) is 24.4 Å². The molecule has 0 aliphatic rings. The zero-order valence-electron chi connectivity index (χ0n) is 46.6. The number of ether oxygens (including phenoxy) is 3. The molecule has 0 rings (SSSR count). The minimum absolute atomic E-state index is 0.0575. The lowest BCUT2D eigenvalue weighted by Crippen LogP contribution is -2.23. The molecule has 0 aromatic carbocycles. The van der Waals surface area contributed by atoms with Crippen LogP contribution in [0.3, 0.4) is 0 Å². The predicted molar refractivity (Wildman–Crippen MR) is 296 cm³/mol. The van der Waals surface area contributed by atoms with Gasteiger partial charge >= 0.3 is 24.1 Å². The Bertz CT molecular complexity index is 1200. The lowest BCUT2D eigenvalue weighted by Gasteiger charge is -2.20. The maximum absolute atomic E-state index is 13.4. The van der Waals surface area contributed by atoms with E-state index in [2.05, 4.69) is 36.1 Å². The van der Waals surface area contributed by atoms with E-state index >= 15 is 0 Å². The molecule has 1 unspecified atom stereocenters. The molecule has 416 valence electrons. The van der Waals surface area contributed by atoms with Gasteiger partial charge in [-0.05, 0) is 130 Å². The molecular weight excluding hydrogens is 891 g/mol. The van der Waals surface area contributed by atoms with Crippen molar-refractivity contribution in [3.63, 3.8) is 0 Å². The Labute approximate surface area is 437 Å². The second-order valence-electron chi connectivity index (χ2n) is 21.1. The van der Waals surface area contributed by atoms with Crippen LogP contribution in [0.1, 0.15) is 302 Å². The average Bonchev–Trinajstić information content (AvgIpc) is 3.33. The summed E-state index contributed by atoms with van der Waals surface area (Å²) in [6.45, 7) is 3.42. The molecule has 0 bridgehead atoms. The van der Waals surface area contributed by atoms with Crippen molar-refractivity contribution < 1.29 is 43.6 Å². The molecule has 0 amide bonds. The number of esters is 1. The first-order chi connectivity index (χ1) is 34.6. The summed E-state index contributed by atoms with van der Waals surface area (Å²) >= 11 is 0. The van der Waals surface area contributed by atoms with Gasteiger partial charge in [-0.1, -0.05) is 192 Å². The molecule has 0 saturated heterocycles. The van der Waals surface area contributed by atoms with Gasteiger partial charge in [-0.15, -0.1) is 0 Å². The van der Waals surface area contributed by atoms with Crippen LogP contribution in [0.5, 0.6) is 0 Å². The Kier molecular flexibility index (Phi) is 52.7. The number of aliphatic carboxylic acids is 2. The third kappa shape index (κ3) is 56.3. The van der Waals surface area contributed by atoms with Crippen molar-refractivity contribution in [1.29, 1.82) is 0 Å². The molecule has 10 heteroatoms. The van der Waals surface area contributed by atoms with Crippen LogP contribution < -0.4 is 0 Å². The SMILES string of the molecule is CCCCCCCCCCCCC(CCC(=O)OC(CCCCCCCCCC=CCCCCCCCC(=O)O)CCCCCCCCCC=CCCCCCCCC(=O)O)OC(=O)OCCCN(C)C. The van der Waals surface area contributed by atoms with Gasteiger partial charge in [0.2, 0.25) is 0 Å². The molecule has 0 saturated carbocycles. The Balaban J connectivity index is 4.81. The lowest BCUT2D eigenvalue weighted by molar-refractivity contribution is -0.150. The molecule has 0 radical (unpaired) electrons. The van der Waals surface area contributed by atoms with Crippen LogP contribution >= 0.6 is 0 Å². The zero-order valence-corrected chi connectivity index (χ0v) is 46.6. The molecule has 0 aliphatic heterocycles. The van der Waals surface area contributed by atoms with E-state index in [0.29, 0.717) is 25.9 Å². The van der Waals surface area contributed by atoms with Crippen molar-refractivity contribution in [2.75, 3.05) is 27.2 Å². The van der Waals surface area contributed by atoms with Gasteiger partial charge in [-0.2, -0.15) is 0 Å². The van der Waals surface area contributed by atoms with Crippen LogP contribution in [0.4, 0.5) is 4.79 Å². The van der Waals surface area contributed by atoms with Crippen molar-refractivity contribution in [3.8, 4) is 0 Å². The summed E-state index contributed by atoms with van der Waals surface area (Å²) in [6.07, 6.45) is 57.6. The Hall–Kier alpha value is -2.88. The number of nitrogens with zero attached hydrogens (tertiary/aromatic N) is 1. The van der Waals surface area contributed by atoms with Gasteiger partial charge in [0.05, 0.1) is 6.61 Å². The summed E-state index contributed by atoms with van der Waals surface area (Å²) in [5, 5.41) is 17.5. The molecule has 0 fully saturated rings. The quantitative estimate of drug-likeness (QED) is 0.0344. The van der Waals surface area contributed by atoms with Crippen molar-refractivity contribution in [2.24, 2.45) is 0 Å². The summed E-state index contributed by atoms with van der Waals surface area (Å²) in [4.78, 5) is 49.4. The maximum Gasteiger partial charge on any atom is 0.508 e. The minimum atomic E-state index is -0.688. The van der Waals surface area contributed by atoms with Crippen molar-refractivity contribution in [3.05, 3.63) is 24.3 Å². The van der Waals surface area contributed by atoms with E-state index in [1.54, 1.807) is 0 Å². The van der Waals surface area contributed by atoms with E-state index in [1.807, 2.05) is 14.1 Å². The summed E-state index contributed by atoms with van der Waals surface area (Å²) in [5.41, 5.74) is 0. The summed E-state index contributed by atoms with van der Waals surface area (Å²) in [7, 11) is 4.01. The number of rotatable bonds is 56. The zero-order chi connectivity index (χ0) is 51.9. The highest BCUT2D eigenvalue weighted by atomic mass is 16.7. The minimum Gasteiger partial charge on any atom is -0.481 e. The fourth-order valence-electron chi connectivity index (χ4n) is 9.26. The Morgan fingerprint density at radius 3 is 1.07 bits per heavy atom. The summed E-state index contributed by atoms with van der Waals surface area (Å²) < 4.78 is 17.5. The van der Waals surface area contributed by atoms with Crippen molar-refractivity contribution >= 4 is 24.1 Å². The van der Waals surface area contributed by atoms with Gasteiger partial charge in [0.1, 0.15) is 12.2 Å². The van der Waals surface area contributed by atoms with Gasteiger partial charge in [-0.25, -0.2) is 4.79 Å². The third-order valence-electron chi connectivity index (χ3n) is 13.7. The van der Waals surface area contributed by atoms with E-state index < -0.39 is 18.1 Å². The normalized spacial score (nSPS) is 12.6. The van der Waals surface area contributed by atoms with Gasteiger partial charge < -0.3 is 29.3 Å². The first-order valence-electron chi connectivity index (χ1n) is 30.0. The van der Waals surface area contributed by atoms with Gasteiger partial charge in [0, 0.05) is 25.8 Å². The highest BCUT2D eigenvalue weighted by Gasteiger charge is 2.20. The van der Waals surface area contributed by atoms with Crippen LogP contribution in [0, 0.1) is 0 Å². The van der Waals surface area contributed by atoms with Crippen LogP contribution in [0.2, 0.25) is 0 Å². The molecular formula is C61H113NO9. The Morgan fingerprint density at radius 2 is 0.718 bits per heavy atom. The molecule has 0 aromatic heterocycles. The molecule has 0 spiro atoms.